The molecule has 0 aliphatic heterocycles. The molecule has 0 unspecified atom stereocenters. The van der Waals surface area contributed by atoms with Crippen LogP contribution >= 0.6 is 0 Å². The zero-order valence-corrected chi connectivity index (χ0v) is 12.7. The lowest BCUT2D eigenvalue weighted by Gasteiger charge is -2.07. The topological polar surface area (TPSA) is 42.2 Å². The van der Waals surface area contributed by atoms with E-state index in [4.69, 9.17) is 5.11 Å². The molecule has 0 fully saturated rings. The Morgan fingerprint density at radius 2 is 1.45 bits per heavy atom. The van der Waals surface area contributed by atoms with E-state index in [1.54, 1.807) is 0 Å². The summed E-state index contributed by atoms with van der Waals surface area (Å²) in [5.74, 6) is -0.0585. The summed E-state index contributed by atoms with van der Waals surface area (Å²) in [5.41, 5.74) is 2.55. The van der Waals surface area contributed by atoms with Crippen LogP contribution in [0.25, 0.3) is 21.8 Å². The van der Waals surface area contributed by atoms with Gasteiger partial charge in [-0.2, -0.15) is 0 Å². The highest BCUT2D eigenvalue weighted by molar-refractivity contribution is 6.07. The van der Waals surface area contributed by atoms with Crippen molar-refractivity contribution >= 4 is 27.6 Å². The van der Waals surface area contributed by atoms with Crippen LogP contribution in [0, 0.1) is 0 Å². The number of nitrogens with zero attached hydrogens (tertiary/aromatic N) is 1. The molecule has 2 aromatic carbocycles. The fraction of sp³-hybridized carbons (Fsp3) is 0.316. The average Bonchev–Trinajstić information content (AvgIpc) is 2.89. The van der Waals surface area contributed by atoms with Crippen molar-refractivity contribution in [3.63, 3.8) is 0 Å². The Bertz CT molecular complexity index is 735. The van der Waals surface area contributed by atoms with Crippen LogP contribution in [0.15, 0.2) is 48.5 Å². The summed E-state index contributed by atoms with van der Waals surface area (Å²) in [6.07, 6.45) is 3.40. The normalized spacial score (nSPS) is 11.3. The predicted molar refractivity (Wildman–Crippen MR) is 90.0 cm³/mol. The van der Waals surface area contributed by atoms with Crippen molar-refractivity contribution < 1.29 is 9.90 Å². The minimum Gasteiger partial charge on any atom is -0.389 e. The van der Waals surface area contributed by atoms with E-state index >= 15 is 0 Å². The Morgan fingerprint density at radius 3 is 2.05 bits per heavy atom. The van der Waals surface area contributed by atoms with Crippen molar-refractivity contribution in [3.8, 4) is 0 Å². The van der Waals surface area contributed by atoms with Crippen LogP contribution in [0.1, 0.15) is 25.7 Å². The third kappa shape index (κ3) is 2.90. The lowest BCUT2D eigenvalue weighted by molar-refractivity contribution is -0.121. The first-order valence-corrected chi connectivity index (χ1v) is 7.90. The van der Waals surface area contributed by atoms with Gasteiger partial charge in [-0.05, 0) is 25.0 Å². The van der Waals surface area contributed by atoms with Crippen molar-refractivity contribution in [1.29, 1.82) is 0 Å². The van der Waals surface area contributed by atoms with Crippen LogP contribution < -0.4 is 0 Å². The Hall–Kier alpha value is -2.13. The van der Waals surface area contributed by atoms with Gasteiger partial charge in [-0.25, -0.2) is 0 Å². The van der Waals surface area contributed by atoms with Gasteiger partial charge in [0.05, 0.1) is 0 Å². The Kier molecular flexibility index (Phi) is 4.54. The quantitative estimate of drug-likeness (QED) is 0.671. The highest BCUT2D eigenvalue weighted by atomic mass is 16.3. The molecule has 1 heterocycles. The zero-order valence-electron chi connectivity index (χ0n) is 12.7. The van der Waals surface area contributed by atoms with Gasteiger partial charge in [0.1, 0.15) is 6.61 Å². The smallest absolute Gasteiger partial charge is 0.158 e. The summed E-state index contributed by atoms with van der Waals surface area (Å²) in [6, 6.07) is 17.0. The number of carbonyl (C=O) groups excluding carboxylic acids is 1. The first kappa shape index (κ1) is 14.8. The molecule has 1 aromatic heterocycles. The molecular weight excluding hydrogens is 274 g/mol. The molecule has 3 rings (SSSR count). The number of rotatable bonds is 7. The molecule has 114 valence electrons. The van der Waals surface area contributed by atoms with Gasteiger partial charge in [0, 0.05) is 34.8 Å². The summed E-state index contributed by atoms with van der Waals surface area (Å²) in [6.45, 7) is 0.633. The van der Waals surface area contributed by atoms with E-state index in [1.165, 1.54) is 21.8 Å². The minimum absolute atomic E-state index is 0.0585. The van der Waals surface area contributed by atoms with Gasteiger partial charge in [0.15, 0.2) is 5.78 Å². The van der Waals surface area contributed by atoms with Gasteiger partial charge in [-0.15, -0.1) is 0 Å². The van der Waals surface area contributed by atoms with E-state index < -0.39 is 0 Å². The third-order valence-corrected chi connectivity index (χ3v) is 4.19. The summed E-state index contributed by atoms with van der Waals surface area (Å²) in [5, 5.41) is 11.3. The average molecular weight is 295 g/mol. The van der Waals surface area contributed by atoms with Crippen molar-refractivity contribution in [2.24, 2.45) is 0 Å². The highest BCUT2D eigenvalue weighted by Crippen LogP contribution is 2.29. The van der Waals surface area contributed by atoms with E-state index in [0.717, 1.165) is 25.8 Å². The van der Waals surface area contributed by atoms with Gasteiger partial charge >= 0.3 is 0 Å². The summed E-state index contributed by atoms with van der Waals surface area (Å²) >= 11 is 0. The van der Waals surface area contributed by atoms with Gasteiger partial charge in [0.25, 0.3) is 0 Å². The molecule has 0 amide bonds. The Labute approximate surface area is 130 Å². The van der Waals surface area contributed by atoms with Crippen LogP contribution in [-0.4, -0.2) is 22.1 Å². The third-order valence-electron chi connectivity index (χ3n) is 4.19. The number of aryl methyl sites for hydroxylation is 1. The maximum Gasteiger partial charge on any atom is 0.158 e. The number of Topliss-reactive ketones (excluding diaryl/α,β-unsaturated/α-hetero) is 1. The second-order valence-electron chi connectivity index (χ2n) is 5.69. The van der Waals surface area contributed by atoms with Gasteiger partial charge in [-0.1, -0.05) is 42.8 Å². The molecule has 1 N–H and O–H groups in total. The molecule has 0 aliphatic rings. The monoisotopic (exact) mass is 295 g/mol. The molecule has 3 heteroatoms. The number of para-hydroxylation sites is 2. The van der Waals surface area contributed by atoms with Crippen molar-refractivity contribution in [1.82, 2.24) is 4.57 Å². The van der Waals surface area contributed by atoms with E-state index in [0.29, 0.717) is 6.42 Å². The van der Waals surface area contributed by atoms with E-state index in [1.807, 2.05) is 0 Å². The van der Waals surface area contributed by atoms with E-state index in [-0.39, 0.29) is 12.4 Å². The van der Waals surface area contributed by atoms with Crippen LogP contribution in [0.5, 0.6) is 0 Å². The molecule has 0 saturated carbocycles. The summed E-state index contributed by atoms with van der Waals surface area (Å²) in [7, 11) is 0. The Morgan fingerprint density at radius 1 is 0.864 bits per heavy atom. The van der Waals surface area contributed by atoms with Gasteiger partial charge in [-0.3, -0.25) is 4.79 Å². The number of hydrogen-bond acceptors (Lipinski definition) is 2. The van der Waals surface area contributed by atoms with E-state index in [9.17, 15) is 4.79 Å². The highest BCUT2D eigenvalue weighted by Gasteiger charge is 2.09. The number of fused-ring (bicyclic) bond motifs is 3. The SMILES string of the molecule is O=C(CO)CCCCCn1c2ccccc2c2ccccc21. The number of aliphatic hydroxyl groups is 1. The second-order valence-corrected chi connectivity index (χ2v) is 5.69. The molecule has 0 spiro atoms. The first-order valence-electron chi connectivity index (χ1n) is 7.90. The van der Waals surface area contributed by atoms with Crippen molar-refractivity contribution in [2.75, 3.05) is 6.61 Å². The van der Waals surface area contributed by atoms with E-state index in [2.05, 4.69) is 53.1 Å². The van der Waals surface area contributed by atoms with Crippen molar-refractivity contribution in [2.45, 2.75) is 32.2 Å². The molecule has 3 aromatic rings. The number of ketones is 1. The fourth-order valence-electron chi connectivity index (χ4n) is 3.09. The van der Waals surface area contributed by atoms with Crippen molar-refractivity contribution in [3.05, 3.63) is 48.5 Å². The summed E-state index contributed by atoms with van der Waals surface area (Å²) < 4.78 is 2.37. The molecule has 22 heavy (non-hydrogen) atoms. The maximum atomic E-state index is 11.1. The number of benzene rings is 2. The molecule has 0 aliphatic carbocycles. The maximum absolute atomic E-state index is 11.1. The Balaban J connectivity index is 1.76. The number of aliphatic hydroxyl groups excluding tert-OH is 1. The number of unbranched alkanes of at least 4 members (excludes halogenated alkanes) is 2. The fourth-order valence-corrected chi connectivity index (χ4v) is 3.09. The first-order chi connectivity index (χ1) is 10.8. The number of carbonyl (C=O) groups is 1. The molecule has 0 radical (unpaired) electrons. The standard InChI is InChI=1S/C19H21NO2/c21-14-15(22)8-2-1-7-13-20-18-11-5-3-9-16(18)17-10-4-6-12-19(17)20/h3-6,9-12,21H,1-2,7-8,13-14H2. The van der Waals surface area contributed by atoms with Crippen LogP contribution in [0.3, 0.4) is 0 Å². The largest absolute Gasteiger partial charge is 0.389 e. The van der Waals surface area contributed by atoms with Crippen LogP contribution in [0.4, 0.5) is 0 Å². The molecule has 0 atom stereocenters. The zero-order chi connectivity index (χ0) is 15.4. The number of hydrogen-bond donors (Lipinski definition) is 1. The second kappa shape index (κ2) is 6.75. The lowest BCUT2D eigenvalue weighted by atomic mass is 10.1. The lowest BCUT2D eigenvalue weighted by Crippen LogP contribution is -2.03. The number of aromatic nitrogens is 1. The molecule has 0 saturated heterocycles. The molecular formula is C19H21NO2. The summed E-state index contributed by atoms with van der Waals surface area (Å²) in [4.78, 5) is 11.1. The molecule has 3 nitrogen and oxygen atoms in total. The van der Waals surface area contributed by atoms with Crippen LogP contribution in [-0.2, 0) is 11.3 Å². The van der Waals surface area contributed by atoms with Crippen LogP contribution in [0.2, 0.25) is 0 Å². The predicted octanol–water partition coefficient (Wildman–Crippen LogP) is 3.92. The van der Waals surface area contributed by atoms with Gasteiger partial charge < -0.3 is 9.67 Å². The van der Waals surface area contributed by atoms with Gasteiger partial charge in [0.2, 0.25) is 0 Å². The minimum atomic E-state index is -0.327. The molecule has 0 bridgehead atoms.